The quantitative estimate of drug-likeness (QED) is 0.840. The van der Waals surface area contributed by atoms with E-state index in [9.17, 15) is 9.90 Å². The van der Waals surface area contributed by atoms with Crippen LogP contribution in [0.4, 0.5) is 0 Å². The number of piperazine rings is 1. The van der Waals surface area contributed by atoms with Crippen LogP contribution in [0.5, 0.6) is 0 Å². The van der Waals surface area contributed by atoms with Crippen molar-refractivity contribution in [2.75, 3.05) is 45.8 Å². The molecule has 2 atom stereocenters. The second-order valence-corrected chi connectivity index (χ2v) is 6.76. The topological polar surface area (TPSA) is 55.8 Å². The number of carbonyl (C=O) groups excluding carboxylic acids is 1. The fourth-order valence-corrected chi connectivity index (χ4v) is 3.33. The third kappa shape index (κ3) is 3.91. The van der Waals surface area contributed by atoms with Gasteiger partial charge in [-0.2, -0.15) is 0 Å². The number of carbonyl (C=O) groups is 1. The van der Waals surface area contributed by atoms with E-state index in [1.807, 2.05) is 35.2 Å². The molecule has 2 aliphatic heterocycles. The molecule has 1 amide bonds. The number of aliphatic hydroxyl groups excluding tert-OH is 1. The minimum atomic E-state index is -0.460. The first-order valence-corrected chi connectivity index (χ1v) is 8.60. The second-order valence-electron chi connectivity index (χ2n) is 6.76. The van der Waals surface area contributed by atoms with Crippen molar-refractivity contribution in [3.8, 4) is 0 Å². The summed E-state index contributed by atoms with van der Waals surface area (Å²) in [6, 6.07) is 9.77. The van der Waals surface area contributed by atoms with Crippen LogP contribution in [0.1, 0.15) is 18.6 Å². The molecule has 0 aliphatic carbocycles. The summed E-state index contributed by atoms with van der Waals surface area (Å²) in [7, 11) is 0. The van der Waals surface area contributed by atoms with Crippen molar-refractivity contribution in [3.05, 3.63) is 35.9 Å². The molecule has 0 spiro atoms. The molecular formula is C18H27N3O2. The Hall–Kier alpha value is -1.43. The average Bonchev–Trinajstić information content (AvgIpc) is 2.54. The maximum absolute atomic E-state index is 12.5. The SMILES string of the molecule is CC(C(=O)N1CCN(CC(O)c2ccccc2)CC1)C1CNC1. The summed E-state index contributed by atoms with van der Waals surface area (Å²) in [6.45, 7) is 7.84. The highest BCUT2D eigenvalue weighted by molar-refractivity contribution is 5.79. The normalized spacial score (nSPS) is 22.4. The number of nitrogens with zero attached hydrogens (tertiary/aromatic N) is 2. The molecule has 2 heterocycles. The Balaban J connectivity index is 1.45. The van der Waals surface area contributed by atoms with Crippen molar-refractivity contribution >= 4 is 5.91 Å². The molecule has 2 aliphatic rings. The number of hydrogen-bond acceptors (Lipinski definition) is 4. The van der Waals surface area contributed by atoms with Crippen molar-refractivity contribution in [2.24, 2.45) is 11.8 Å². The van der Waals surface area contributed by atoms with Crippen LogP contribution < -0.4 is 5.32 Å². The van der Waals surface area contributed by atoms with Gasteiger partial charge in [-0.25, -0.2) is 0 Å². The molecule has 1 aromatic carbocycles. The lowest BCUT2D eigenvalue weighted by Crippen LogP contribution is -2.54. The van der Waals surface area contributed by atoms with Crippen LogP contribution >= 0.6 is 0 Å². The van der Waals surface area contributed by atoms with Gasteiger partial charge in [-0.3, -0.25) is 9.69 Å². The molecule has 23 heavy (non-hydrogen) atoms. The molecule has 5 heteroatoms. The number of aliphatic hydroxyl groups is 1. The molecule has 3 rings (SSSR count). The highest BCUT2D eigenvalue weighted by Crippen LogP contribution is 2.20. The van der Waals surface area contributed by atoms with Crippen LogP contribution in [0.3, 0.4) is 0 Å². The van der Waals surface area contributed by atoms with Crippen LogP contribution in [0.25, 0.3) is 0 Å². The van der Waals surface area contributed by atoms with Gasteiger partial charge < -0.3 is 15.3 Å². The number of hydrogen-bond donors (Lipinski definition) is 2. The van der Waals surface area contributed by atoms with Gasteiger partial charge in [-0.05, 0) is 24.6 Å². The maximum Gasteiger partial charge on any atom is 0.225 e. The zero-order chi connectivity index (χ0) is 16.2. The fraction of sp³-hybridized carbons (Fsp3) is 0.611. The molecule has 126 valence electrons. The molecule has 2 fully saturated rings. The lowest BCUT2D eigenvalue weighted by atomic mass is 9.88. The molecular weight excluding hydrogens is 290 g/mol. The van der Waals surface area contributed by atoms with Gasteiger partial charge in [-0.15, -0.1) is 0 Å². The van der Waals surface area contributed by atoms with Gasteiger partial charge in [0, 0.05) is 38.6 Å². The molecule has 2 saturated heterocycles. The van der Waals surface area contributed by atoms with Gasteiger partial charge in [0.25, 0.3) is 0 Å². The molecule has 5 nitrogen and oxygen atoms in total. The van der Waals surface area contributed by atoms with Gasteiger partial charge >= 0.3 is 0 Å². The summed E-state index contributed by atoms with van der Waals surface area (Å²) in [5.74, 6) is 0.915. The van der Waals surface area contributed by atoms with E-state index in [0.717, 1.165) is 44.8 Å². The monoisotopic (exact) mass is 317 g/mol. The zero-order valence-corrected chi connectivity index (χ0v) is 13.8. The summed E-state index contributed by atoms with van der Waals surface area (Å²) >= 11 is 0. The summed E-state index contributed by atoms with van der Waals surface area (Å²) in [5.41, 5.74) is 0.956. The molecule has 0 aromatic heterocycles. The molecule has 0 bridgehead atoms. The van der Waals surface area contributed by atoms with Crippen molar-refractivity contribution in [1.82, 2.24) is 15.1 Å². The van der Waals surface area contributed by atoms with E-state index in [1.54, 1.807) is 0 Å². The lowest BCUT2D eigenvalue weighted by Gasteiger charge is -2.39. The second kappa shape index (κ2) is 7.43. The average molecular weight is 317 g/mol. The Morgan fingerprint density at radius 1 is 1.22 bits per heavy atom. The Labute approximate surface area is 138 Å². The van der Waals surface area contributed by atoms with Crippen molar-refractivity contribution < 1.29 is 9.90 Å². The van der Waals surface area contributed by atoms with E-state index < -0.39 is 6.10 Å². The Kier molecular flexibility index (Phi) is 5.30. The van der Waals surface area contributed by atoms with E-state index in [1.165, 1.54) is 0 Å². The number of β-amino-alcohol motifs (C(OH)–C–C–N with tert-alkyl or cyclic N) is 1. The molecule has 2 unspecified atom stereocenters. The minimum Gasteiger partial charge on any atom is -0.387 e. The first kappa shape index (κ1) is 16.4. The van der Waals surface area contributed by atoms with Gasteiger partial charge in [0.1, 0.15) is 0 Å². The molecule has 0 saturated carbocycles. The predicted octanol–water partition coefficient (Wildman–Crippen LogP) is 0.720. The summed E-state index contributed by atoms with van der Waals surface area (Å²) in [4.78, 5) is 16.8. The van der Waals surface area contributed by atoms with E-state index in [4.69, 9.17) is 0 Å². The Morgan fingerprint density at radius 3 is 2.43 bits per heavy atom. The highest BCUT2D eigenvalue weighted by Gasteiger charge is 2.33. The van der Waals surface area contributed by atoms with Crippen molar-refractivity contribution in [1.29, 1.82) is 0 Å². The number of nitrogens with one attached hydrogen (secondary N) is 1. The number of amides is 1. The Bertz CT molecular complexity index is 510. The van der Waals surface area contributed by atoms with E-state index in [0.29, 0.717) is 18.4 Å². The number of benzene rings is 1. The lowest BCUT2D eigenvalue weighted by molar-refractivity contribution is -0.139. The van der Waals surface area contributed by atoms with E-state index in [2.05, 4.69) is 17.1 Å². The third-order valence-corrected chi connectivity index (χ3v) is 5.21. The van der Waals surface area contributed by atoms with Gasteiger partial charge in [-0.1, -0.05) is 37.3 Å². The maximum atomic E-state index is 12.5. The third-order valence-electron chi connectivity index (χ3n) is 5.21. The van der Waals surface area contributed by atoms with Gasteiger partial charge in [0.15, 0.2) is 0 Å². The van der Waals surface area contributed by atoms with Crippen molar-refractivity contribution in [2.45, 2.75) is 13.0 Å². The molecule has 2 N–H and O–H groups in total. The first-order chi connectivity index (χ1) is 11.1. The van der Waals surface area contributed by atoms with Crippen molar-refractivity contribution in [3.63, 3.8) is 0 Å². The summed E-state index contributed by atoms with van der Waals surface area (Å²) < 4.78 is 0. The summed E-state index contributed by atoms with van der Waals surface area (Å²) in [5, 5.41) is 13.6. The van der Waals surface area contributed by atoms with E-state index >= 15 is 0 Å². The first-order valence-electron chi connectivity index (χ1n) is 8.60. The van der Waals surface area contributed by atoms with Crippen LogP contribution in [-0.2, 0) is 4.79 Å². The van der Waals surface area contributed by atoms with Gasteiger partial charge in [0.2, 0.25) is 5.91 Å². The largest absolute Gasteiger partial charge is 0.387 e. The van der Waals surface area contributed by atoms with Crippen LogP contribution in [-0.4, -0.2) is 66.6 Å². The van der Waals surface area contributed by atoms with E-state index in [-0.39, 0.29) is 5.92 Å². The molecule has 1 aromatic rings. The summed E-state index contributed by atoms with van der Waals surface area (Å²) in [6.07, 6.45) is -0.460. The van der Waals surface area contributed by atoms with Crippen LogP contribution in [0.15, 0.2) is 30.3 Å². The van der Waals surface area contributed by atoms with Crippen LogP contribution in [0, 0.1) is 11.8 Å². The smallest absolute Gasteiger partial charge is 0.225 e. The molecule has 0 radical (unpaired) electrons. The predicted molar refractivity (Wildman–Crippen MR) is 89.9 cm³/mol. The number of rotatable bonds is 5. The Morgan fingerprint density at radius 2 is 1.87 bits per heavy atom. The fourth-order valence-electron chi connectivity index (χ4n) is 3.33. The highest BCUT2D eigenvalue weighted by atomic mass is 16.3. The standard InChI is InChI=1S/C18H27N3O2/c1-14(16-11-19-12-16)18(23)21-9-7-20(8-10-21)13-17(22)15-5-3-2-4-6-15/h2-6,14,16-17,19,22H,7-13H2,1H3. The van der Waals surface area contributed by atoms with Gasteiger partial charge in [0.05, 0.1) is 6.10 Å². The minimum absolute atomic E-state index is 0.123. The van der Waals surface area contributed by atoms with Crippen LogP contribution in [0.2, 0.25) is 0 Å². The zero-order valence-electron chi connectivity index (χ0n) is 13.8.